The van der Waals surface area contributed by atoms with Gasteiger partial charge < -0.3 is 10.2 Å². The standard InChI is InChI=1S/C23H21BrN2O2/c1-16-7-13-20(14-8-16)25-23(28)21-5-3-4-6-22(21)26(17(2)27)15-18-9-11-19(24)12-10-18/h3-14H,15H2,1-2H3,(H,25,28). The van der Waals surface area contributed by atoms with Gasteiger partial charge in [-0.15, -0.1) is 0 Å². The molecule has 0 unspecified atom stereocenters. The molecule has 28 heavy (non-hydrogen) atoms. The fourth-order valence-electron chi connectivity index (χ4n) is 2.87. The van der Waals surface area contributed by atoms with Gasteiger partial charge in [0.1, 0.15) is 0 Å². The van der Waals surface area contributed by atoms with Crippen LogP contribution < -0.4 is 10.2 Å². The van der Waals surface area contributed by atoms with Gasteiger partial charge in [-0.1, -0.05) is 57.9 Å². The molecule has 0 atom stereocenters. The number of aryl methyl sites for hydroxylation is 1. The number of hydrogen-bond donors (Lipinski definition) is 1. The molecule has 3 aromatic carbocycles. The molecule has 3 rings (SSSR count). The van der Waals surface area contributed by atoms with Gasteiger partial charge in [0.2, 0.25) is 5.91 Å². The Morgan fingerprint density at radius 2 is 1.57 bits per heavy atom. The van der Waals surface area contributed by atoms with Crippen molar-refractivity contribution < 1.29 is 9.59 Å². The molecule has 0 spiro atoms. The molecule has 0 saturated carbocycles. The summed E-state index contributed by atoms with van der Waals surface area (Å²) in [4.78, 5) is 26.9. The normalized spacial score (nSPS) is 10.4. The molecule has 1 N–H and O–H groups in total. The van der Waals surface area contributed by atoms with Crippen LogP contribution in [0.5, 0.6) is 0 Å². The van der Waals surface area contributed by atoms with Gasteiger partial charge >= 0.3 is 0 Å². The summed E-state index contributed by atoms with van der Waals surface area (Å²) in [6.45, 7) is 3.89. The Morgan fingerprint density at radius 1 is 0.929 bits per heavy atom. The van der Waals surface area contributed by atoms with Gasteiger partial charge in [0, 0.05) is 17.1 Å². The van der Waals surface area contributed by atoms with E-state index in [2.05, 4.69) is 21.2 Å². The molecule has 0 aliphatic rings. The number of nitrogens with one attached hydrogen (secondary N) is 1. The third-order valence-corrected chi connectivity index (χ3v) is 4.91. The van der Waals surface area contributed by atoms with E-state index in [0.717, 1.165) is 15.6 Å². The second kappa shape index (κ2) is 8.85. The third kappa shape index (κ3) is 4.87. The van der Waals surface area contributed by atoms with E-state index >= 15 is 0 Å². The predicted molar refractivity (Wildman–Crippen MR) is 117 cm³/mol. The molecule has 0 aliphatic heterocycles. The van der Waals surface area contributed by atoms with Crippen LogP contribution in [0.2, 0.25) is 0 Å². The number of carbonyl (C=O) groups excluding carboxylic acids is 2. The fraction of sp³-hybridized carbons (Fsp3) is 0.130. The second-order valence-corrected chi connectivity index (χ2v) is 7.48. The maximum Gasteiger partial charge on any atom is 0.257 e. The highest BCUT2D eigenvalue weighted by atomic mass is 79.9. The first-order valence-electron chi connectivity index (χ1n) is 8.93. The fourth-order valence-corrected chi connectivity index (χ4v) is 3.14. The van der Waals surface area contributed by atoms with E-state index < -0.39 is 0 Å². The van der Waals surface area contributed by atoms with Gasteiger partial charge in [-0.3, -0.25) is 9.59 Å². The van der Waals surface area contributed by atoms with Gasteiger partial charge in [0.15, 0.2) is 0 Å². The summed E-state index contributed by atoms with van der Waals surface area (Å²) in [6.07, 6.45) is 0. The molecule has 0 heterocycles. The van der Waals surface area contributed by atoms with Crippen molar-refractivity contribution in [2.75, 3.05) is 10.2 Å². The van der Waals surface area contributed by atoms with E-state index in [1.165, 1.54) is 6.92 Å². The number of anilines is 2. The van der Waals surface area contributed by atoms with E-state index in [1.54, 1.807) is 23.1 Å². The molecular weight excluding hydrogens is 416 g/mol. The molecule has 4 nitrogen and oxygen atoms in total. The summed E-state index contributed by atoms with van der Waals surface area (Å²) >= 11 is 3.42. The highest BCUT2D eigenvalue weighted by Crippen LogP contribution is 2.24. The lowest BCUT2D eigenvalue weighted by atomic mass is 10.1. The molecule has 3 aromatic rings. The maximum absolute atomic E-state index is 12.9. The number of benzene rings is 3. The molecule has 0 fully saturated rings. The summed E-state index contributed by atoms with van der Waals surface area (Å²) in [6, 6.07) is 22.5. The van der Waals surface area contributed by atoms with Crippen molar-refractivity contribution in [3.05, 3.63) is 94.0 Å². The first-order valence-corrected chi connectivity index (χ1v) is 9.73. The lowest BCUT2D eigenvalue weighted by Crippen LogP contribution is -2.30. The minimum absolute atomic E-state index is 0.126. The monoisotopic (exact) mass is 436 g/mol. The Morgan fingerprint density at radius 3 is 2.21 bits per heavy atom. The molecule has 0 bridgehead atoms. The van der Waals surface area contributed by atoms with Crippen molar-refractivity contribution in [1.29, 1.82) is 0 Å². The first kappa shape index (κ1) is 19.8. The summed E-state index contributed by atoms with van der Waals surface area (Å²) in [5.41, 5.74) is 3.86. The second-order valence-electron chi connectivity index (χ2n) is 6.57. The lowest BCUT2D eigenvalue weighted by molar-refractivity contribution is -0.116. The van der Waals surface area contributed by atoms with Crippen molar-refractivity contribution >= 4 is 39.1 Å². The molecule has 0 saturated heterocycles. The molecule has 0 aromatic heterocycles. The van der Waals surface area contributed by atoms with Gasteiger partial charge in [0.05, 0.1) is 17.8 Å². The van der Waals surface area contributed by atoms with Gasteiger partial charge in [0.25, 0.3) is 5.91 Å². The Labute approximate surface area is 173 Å². The number of rotatable bonds is 5. The largest absolute Gasteiger partial charge is 0.322 e. The Kier molecular flexibility index (Phi) is 6.26. The zero-order valence-corrected chi connectivity index (χ0v) is 17.4. The van der Waals surface area contributed by atoms with Crippen molar-refractivity contribution in [2.45, 2.75) is 20.4 Å². The van der Waals surface area contributed by atoms with Crippen LogP contribution >= 0.6 is 15.9 Å². The number of amides is 2. The number of para-hydroxylation sites is 1. The van der Waals surface area contributed by atoms with E-state index in [9.17, 15) is 9.59 Å². The Hall–Kier alpha value is -2.92. The number of carbonyl (C=O) groups is 2. The van der Waals surface area contributed by atoms with Gasteiger partial charge in [-0.25, -0.2) is 0 Å². The molecule has 142 valence electrons. The van der Waals surface area contributed by atoms with Crippen LogP contribution in [-0.2, 0) is 11.3 Å². The van der Waals surface area contributed by atoms with Gasteiger partial charge in [-0.2, -0.15) is 0 Å². The van der Waals surface area contributed by atoms with E-state index in [1.807, 2.05) is 61.5 Å². The van der Waals surface area contributed by atoms with Gasteiger partial charge in [-0.05, 0) is 48.9 Å². The SMILES string of the molecule is CC(=O)N(Cc1ccc(Br)cc1)c1ccccc1C(=O)Nc1ccc(C)cc1. The predicted octanol–water partition coefficient (Wildman–Crippen LogP) is 5.56. The smallest absolute Gasteiger partial charge is 0.257 e. The first-order chi connectivity index (χ1) is 13.4. The number of hydrogen-bond acceptors (Lipinski definition) is 2. The van der Waals surface area contributed by atoms with Crippen LogP contribution in [0.1, 0.15) is 28.4 Å². The van der Waals surface area contributed by atoms with Crippen LogP contribution in [0.25, 0.3) is 0 Å². The highest BCUT2D eigenvalue weighted by Gasteiger charge is 2.19. The summed E-state index contributed by atoms with van der Waals surface area (Å²) in [7, 11) is 0. The summed E-state index contributed by atoms with van der Waals surface area (Å²) < 4.78 is 0.975. The zero-order valence-electron chi connectivity index (χ0n) is 15.8. The van der Waals surface area contributed by atoms with E-state index in [4.69, 9.17) is 0 Å². The number of halogens is 1. The molecular formula is C23H21BrN2O2. The van der Waals surface area contributed by atoms with Crippen LogP contribution in [0.15, 0.2) is 77.3 Å². The molecule has 0 radical (unpaired) electrons. The van der Waals surface area contributed by atoms with E-state index in [-0.39, 0.29) is 11.8 Å². The minimum Gasteiger partial charge on any atom is -0.322 e. The zero-order chi connectivity index (χ0) is 20.1. The van der Waals surface area contributed by atoms with E-state index in [0.29, 0.717) is 23.5 Å². The average molecular weight is 437 g/mol. The maximum atomic E-state index is 12.9. The quantitative estimate of drug-likeness (QED) is 0.568. The van der Waals surface area contributed by atoms with Crippen molar-refractivity contribution in [3.63, 3.8) is 0 Å². The number of nitrogens with zero attached hydrogens (tertiary/aromatic N) is 1. The lowest BCUT2D eigenvalue weighted by Gasteiger charge is -2.24. The highest BCUT2D eigenvalue weighted by molar-refractivity contribution is 9.10. The van der Waals surface area contributed by atoms with Crippen molar-refractivity contribution in [3.8, 4) is 0 Å². The molecule has 0 aliphatic carbocycles. The van der Waals surface area contributed by atoms with Crippen molar-refractivity contribution in [1.82, 2.24) is 0 Å². The summed E-state index contributed by atoms with van der Waals surface area (Å²) in [5.74, 6) is -0.375. The third-order valence-electron chi connectivity index (χ3n) is 4.38. The van der Waals surface area contributed by atoms with Crippen LogP contribution in [-0.4, -0.2) is 11.8 Å². The molecule has 2 amide bonds. The minimum atomic E-state index is -0.249. The topological polar surface area (TPSA) is 49.4 Å². The van der Waals surface area contributed by atoms with Crippen molar-refractivity contribution in [2.24, 2.45) is 0 Å². The van der Waals surface area contributed by atoms with Crippen LogP contribution in [0.4, 0.5) is 11.4 Å². The average Bonchev–Trinajstić information content (AvgIpc) is 2.69. The molecule has 5 heteroatoms. The Balaban J connectivity index is 1.89. The van der Waals surface area contributed by atoms with Crippen LogP contribution in [0.3, 0.4) is 0 Å². The van der Waals surface area contributed by atoms with Crippen LogP contribution in [0, 0.1) is 6.92 Å². The summed E-state index contributed by atoms with van der Waals surface area (Å²) in [5, 5.41) is 2.91. The Bertz CT molecular complexity index is 982.